The zero-order valence-corrected chi connectivity index (χ0v) is 11.5. The Bertz CT molecular complexity index is 397. The van der Waals surface area contributed by atoms with Gasteiger partial charge in [0.25, 0.3) is 0 Å². The van der Waals surface area contributed by atoms with Crippen molar-refractivity contribution in [2.24, 2.45) is 11.3 Å². The zero-order valence-electron chi connectivity index (χ0n) is 9.94. The van der Waals surface area contributed by atoms with E-state index >= 15 is 0 Å². The van der Waals surface area contributed by atoms with Crippen molar-refractivity contribution in [3.05, 3.63) is 22.7 Å². The quantitative estimate of drug-likeness (QED) is 0.814. The molecule has 0 saturated heterocycles. The summed E-state index contributed by atoms with van der Waals surface area (Å²) in [5, 5.41) is 9.26. The monoisotopic (exact) mass is 302 g/mol. The Morgan fingerprint density at radius 3 is 2.59 bits per heavy atom. The second kappa shape index (κ2) is 5.04. The summed E-state index contributed by atoms with van der Waals surface area (Å²) >= 11 is 3.22. The summed E-state index contributed by atoms with van der Waals surface area (Å²) in [7, 11) is 0. The Hall–Kier alpha value is -1.10. The number of carboxylic acid groups (broad SMARTS) is 1. The molecule has 0 aromatic rings. The Kier molecular flexibility index (Phi) is 4.14. The molecule has 0 bridgehead atoms. The van der Waals surface area contributed by atoms with E-state index in [0.717, 1.165) is 0 Å². The van der Waals surface area contributed by atoms with Gasteiger partial charge >= 0.3 is 11.9 Å². The van der Waals surface area contributed by atoms with E-state index in [1.807, 2.05) is 0 Å². The standard InChI is InChI=1S/C12H15BrO4/c1-7(2)17-10(14)9-5-4-8(13)6-12(9,3)11(15)16/h4-7,9H,1-3H3,(H,15,16). The van der Waals surface area contributed by atoms with Gasteiger partial charge < -0.3 is 9.84 Å². The SMILES string of the molecule is CC(C)OC(=O)C1C=CC(Br)=CC1(C)C(=O)O. The third kappa shape index (κ3) is 2.97. The molecule has 0 amide bonds. The summed E-state index contributed by atoms with van der Waals surface area (Å²) in [6, 6.07) is 0. The predicted molar refractivity (Wildman–Crippen MR) is 66.6 cm³/mol. The highest BCUT2D eigenvalue weighted by molar-refractivity contribution is 9.11. The molecule has 1 rings (SSSR count). The predicted octanol–water partition coefficient (Wildman–Crippen LogP) is 2.49. The highest BCUT2D eigenvalue weighted by Crippen LogP contribution is 2.38. The molecule has 1 aliphatic carbocycles. The van der Waals surface area contributed by atoms with Gasteiger partial charge in [0.2, 0.25) is 0 Å². The van der Waals surface area contributed by atoms with Gasteiger partial charge in [0.15, 0.2) is 0 Å². The third-order valence-electron chi connectivity index (χ3n) is 2.60. The van der Waals surface area contributed by atoms with Crippen molar-refractivity contribution in [1.82, 2.24) is 0 Å². The summed E-state index contributed by atoms with van der Waals surface area (Å²) in [5.74, 6) is -2.37. The largest absolute Gasteiger partial charge is 0.481 e. The Morgan fingerprint density at radius 1 is 1.53 bits per heavy atom. The van der Waals surface area contributed by atoms with E-state index in [9.17, 15) is 14.7 Å². The lowest BCUT2D eigenvalue weighted by molar-refractivity contribution is -0.161. The van der Waals surface area contributed by atoms with E-state index < -0.39 is 23.3 Å². The van der Waals surface area contributed by atoms with Crippen LogP contribution in [0.15, 0.2) is 22.7 Å². The van der Waals surface area contributed by atoms with Crippen LogP contribution in [-0.4, -0.2) is 23.1 Å². The van der Waals surface area contributed by atoms with Crippen molar-refractivity contribution in [2.45, 2.75) is 26.9 Å². The topological polar surface area (TPSA) is 63.6 Å². The molecule has 2 atom stereocenters. The second-order valence-corrected chi connectivity index (χ2v) is 5.36. The first-order chi connectivity index (χ1) is 7.77. The van der Waals surface area contributed by atoms with E-state index in [1.54, 1.807) is 26.0 Å². The van der Waals surface area contributed by atoms with Crippen LogP contribution < -0.4 is 0 Å². The van der Waals surface area contributed by atoms with Crippen molar-refractivity contribution in [2.75, 3.05) is 0 Å². The summed E-state index contributed by atoms with van der Waals surface area (Å²) in [6.45, 7) is 4.97. The van der Waals surface area contributed by atoms with E-state index in [1.165, 1.54) is 13.0 Å². The molecule has 94 valence electrons. The summed E-state index contributed by atoms with van der Waals surface area (Å²) in [4.78, 5) is 23.2. The maximum Gasteiger partial charge on any atom is 0.314 e. The number of hydrogen-bond donors (Lipinski definition) is 1. The molecule has 0 radical (unpaired) electrons. The fourth-order valence-electron chi connectivity index (χ4n) is 1.64. The molecule has 17 heavy (non-hydrogen) atoms. The van der Waals surface area contributed by atoms with Gasteiger partial charge in [-0.25, -0.2) is 0 Å². The van der Waals surface area contributed by atoms with Crippen molar-refractivity contribution >= 4 is 27.9 Å². The van der Waals surface area contributed by atoms with Crippen molar-refractivity contribution in [3.63, 3.8) is 0 Å². The number of aliphatic carboxylic acids is 1. The first kappa shape index (κ1) is 14.0. The number of hydrogen-bond acceptors (Lipinski definition) is 3. The third-order valence-corrected chi connectivity index (χ3v) is 3.09. The van der Waals surface area contributed by atoms with Gasteiger partial charge in [-0.1, -0.05) is 34.2 Å². The van der Waals surface area contributed by atoms with Crippen LogP contribution in [0.25, 0.3) is 0 Å². The normalized spacial score (nSPS) is 27.8. The lowest BCUT2D eigenvalue weighted by Crippen LogP contribution is -2.40. The number of rotatable bonds is 3. The highest BCUT2D eigenvalue weighted by Gasteiger charge is 2.45. The van der Waals surface area contributed by atoms with Crippen molar-refractivity contribution < 1.29 is 19.4 Å². The molecule has 0 aromatic carbocycles. The van der Waals surface area contributed by atoms with Gasteiger partial charge in [-0.2, -0.15) is 0 Å². The Morgan fingerprint density at radius 2 is 2.12 bits per heavy atom. The van der Waals surface area contributed by atoms with Gasteiger partial charge in [-0.3, -0.25) is 9.59 Å². The van der Waals surface area contributed by atoms with Gasteiger partial charge in [-0.05, 0) is 20.8 Å². The van der Waals surface area contributed by atoms with Gasteiger partial charge in [0.05, 0.1) is 12.0 Å². The first-order valence-electron chi connectivity index (χ1n) is 5.28. The van der Waals surface area contributed by atoms with Gasteiger partial charge in [-0.15, -0.1) is 0 Å². The Labute approximate surface area is 108 Å². The van der Waals surface area contributed by atoms with Gasteiger partial charge in [0.1, 0.15) is 5.41 Å². The maximum atomic E-state index is 11.9. The molecule has 1 aliphatic rings. The lowest BCUT2D eigenvalue weighted by atomic mass is 9.74. The number of allylic oxidation sites excluding steroid dienone is 2. The van der Waals surface area contributed by atoms with Crippen LogP contribution in [0.2, 0.25) is 0 Å². The molecular formula is C12H15BrO4. The van der Waals surface area contributed by atoms with E-state index in [2.05, 4.69) is 15.9 Å². The van der Waals surface area contributed by atoms with Crippen LogP contribution in [0.4, 0.5) is 0 Å². The average molecular weight is 303 g/mol. The van der Waals surface area contributed by atoms with Crippen LogP contribution in [0.5, 0.6) is 0 Å². The summed E-state index contributed by atoms with van der Waals surface area (Å²) in [6.07, 6.45) is 4.48. The zero-order chi connectivity index (χ0) is 13.2. The van der Waals surface area contributed by atoms with Crippen LogP contribution in [-0.2, 0) is 14.3 Å². The molecule has 0 heterocycles. The smallest absolute Gasteiger partial charge is 0.314 e. The molecule has 0 spiro atoms. The minimum atomic E-state index is -1.28. The number of halogens is 1. The number of carbonyl (C=O) groups is 2. The van der Waals surface area contributed by atoms with Crippen LogP contribution in [0.3, 0.4) is 0 Å². The molecule has 0 saturated carbocycles. The minimum Gasteiger partial charge on any atom is -0.481 e. The lowest BCUT2D eigenvalue weighted by Gasteiger charge is -2.30. The molecule has 0 aromatic heterocycles. The number of esters is 1. The van der Waals surface area contributed by atoms with E-state index in [-0.39, 0.29) is 6.10 Å². The maximum absolute atomic E-state index is 11.9. The fourth-order valence-corrected chi connectivity index (χ4v) is 2.26. The average Bonchev–Trinajstić information content (AvgIpc) is 2.15. The van der Waals surface area contributed by atoms with Crippen molar-refractivity contribution in [1.29, 1.82) is 0 Å². The molecule has 2 unspecified atom stereocenters. The number of carboxylic acids is 1. The molecule has 4 nitrogen and oxygen atoms in total. The fraction of sp³-hybridized carbons (Fsp3) is 0.500. The van der Waals surface area contributed by atoms with Crippen LogP contribution in [0, 0.1) is 11.3 Å². The second-order valence-electron chi connectivity index (χ2n) is 4.44. The van der Waals surface area contributed by atoms with E-state index in [0.29, 0.717) is 4.48 Å². The number of ether oxygens (including phenoxy) is 1. The molecule has 0 aliphatic heterocycles. The van der Waals surface area contributed by atoms with Crippen LogP contribution >= 0.6 is 15.9 Å². The first-order valence-corrected chi connectivity index (χ1v) is 6.07. The van der Waals surface area contributed by atoms with Gasteiger partial charge in [0, 0.05) is 4.48 Å². The Balaban J connectivity index is 3.03. The van der Waals surface area contributed by atoms with Crippen LogP contribution in [0.1, 0.15) is 20.8 Å². The van der Waals surface area contributed by atoms with Crippen molar-refractivity contribution in [3.8, 4) is 0 Å². The molecular weight excluding hydrogens is 288 g/mol. The molecule has 5 heteroatoms. The molecule has 0 fully saturated rings. The van der Waals surface area contributed by atoms with E-state index in [4.69, 9.17) is 4.74 Å². The minimum absolute atomic E-state index is 0.261. The summed E-state index contributed by atoms with van der Waals surface area (Å²) in [5.41, 5.74) is -1.28. The highest BCUT2D eigenvalue weighted by atomic mass is 79.9. The number of carbonyl (C=O) groups excluding carboxylic acids is 1. The molecule has 1 N–H and O–H groups in total. The summed E-state index contributed by atoms with van der Waals surface area (Å²) < 4.78 is 5.72.